The molecule has 0 saturated heterocycles. The smallest absolute Gasteiger partial charge is 0.342 e. The van der Waals surface area contributed by atoms with Crippen molar-refractivity contribution in [3.8, 4) is 0 Å². The van der Waals surface area contributed by atoms with Crippen LogP contribution in [0.3, 0.4) is 0 Å². The van der Waals surface area contributed by atoms with Crippen LogP contribution in [0, 0.1) is 0 Å². The van der Waals surface area contributed by atoms with Gasteiger partial charge in [0.25, 0.3) is 5.91 Å². The second kappa shape index (κ2) is 23.1. The molecule has 6 heteroatoms. The Morgan fingerprint density at radius 3 is 1.47 bits per heavy atom. The molecule has 258 valence electrons. The fraction of sp³-hybridized carbons (Fsp3) is 0.795. The molecule has 6 nitrogen and oxygen atoms in total. The van der Waals surface area contributed by atoms with Crippen LogP contribution in [0.15, 0.2) is 22.3 Å². The lowest BCUT2D eigenvalue weighted by molar-refractivity contribution is -0.154. The predicted octanol–water partition coefficient (Wildman–Crippen LogP) is 10.2. The van der Waals surface area contributed by atoms with Gasteiger partial charge in [0, 0.05) is 25.3 Å². The van der Waals surface area contributed by atoms with Crippen molar-refractivity contribution in [2.75, 3.05) is 0 Å². The van der Waals surface area contributed by atoms with Crippen molar-refractivity contribution in [2.45, 2.75) is 201 Å². The van der Waals surface area contributed by atoms with E-state index in [1.165, 1.54) is 89.9 Å². The highest BCUT2D eigenvalue weighted by atomic mass is 16.6. The Kier molecular flexibility index (Phi) is 21.0. The molecule has 0 aromatic heterocycles. The number of hydrogen-bond donors (Lipinski definition) is 1. The zero-order valence-electron chi connectivity index (χ0n) is 30.2. The third-order valence-electron chi connectivity index (χ3n) is 8.91. The minimum absolute atomic E-state index is 0.0323. The molecule has 0 aromatic rings. The van der Waals surface area contributed by atoms with Crippen LogP contribution in [0.2, 0.25) is 0 Å². The maximum atomic E-state index is 12.3. The quantitative estimate of drug-likeness (QED) is 0.0731. The van der Waals surface area contributed by atoms with Crippen LogP contribution >= 0.6 is 0 Å². The Labute approximate surface area is 276 Å². The van der Waals surface area contributed by atoms with Gasteiger partial charge in [0.15, 0.2) is 11.6 Å². The van der Waals surface area contributed by atoms with Crippen molar-refractivity contribution in [1.82, 2.24) is 5.32 Å². The first-order chi connectivity index (χ1) is 21.4. The highest BCUT2D eigenvalue weighted by Gasteiger charge is 2.35. The zero-order chi connectivity index (χ0) is 33.7. The topological polar surface area (TPSA) is 89.5 Å². The molecule has 2 heterocycles. The molecule has 0 spiro atoms. The Balaban J connectivity index is 0.000000450. The van der Waals surface area contributed by atoms with Crippen molar-refractivity contribution in [3.63, 3.8) is 0 Å². The van der Waals surface area contributed by atoms with Gasteiger partial charge in [-0.2, -0.15) is 0 Å². The summed E-state index contributed by atoms with van der Waals surface area (Å²) in [7, 11) is 0. The van der Waals surface area contributed by atoms with Crippen molar-refractivity contribution in [3.05, 3.63) is 22.3 Å². The van der Waals surface area contributed by atoms with Gasteiger partial charge in [-0.3, -0.25) is 14.4 Å². The van der Waals surface area contributed by atoms with E-state index in [1.807, 2.05) is 34.6 Å². The Morgan fingerprint density at radius 1 is 0.667 bits per heavy atom. The molecule has 1 amide bonds. The lowest BCUT2D eigenvalue weighted by Crippen LogP contribution is -2.40. The van der Waals surface area contributed by atoms with Gasteiger partial charge in [0.2, 0.25) is 0 Å². The molecule has 1 N–H and O–H groups in total. The summed E-state index contributed by atoms with van der Waals surface area (Å²) >= 11 is 0. The highest BCUT2D eigenvalue weighted by molar-refractivity contribution is 6.20. The number of amides is 1. The molecule has 2 aliphatic heterocycles. The third kappa shape index (κ3) is 17.3. The number of carbonyl (C=O) groups is 4. The number of hydrogen-bond acceptors (Lipinski definition) is 5. The number of nitrogens with one attached hydrogen (secondary N) is 1. The van der Waals surface area contributed by atoms with Crippen molar-refractivity contribution in [2.24, 2.45) is 0 Å². The minimum atomic E-state index is -0.483. The molecule has 0 aromatic carbocycles. The van der Waals surface area contributed by atoms with Crippen molar-refractivity contribution < 1.29 is 23.9 Å². The summed E-state index contributed by atoms with van der Waals surface area (Å²) in [6.07, 6.45) is 24.6. The molecule has 45 heavy (non-hydrogen) atoms. The Bertz CT molecular complexity index is 989. The summed E-state index contributed by atoms with van der Waals surface area (Å²) in [6, 6.07) is 0.150. The fourth-order valence-corrected chi connectivity index (χ4v) is 6.50. The lowest BCUT2D eigenvalue weighted by Gasteiger charge is -2.31. The fourth-order valence-electron chi connectivity index (χ4n) is 6.50. The summed E-state index contributed by atoms with van der Waals surface area (Å²) in [6.45, 7) is 14.0. The predicted molar refractivity (Wildman–Crippen MR) is 186 cm³/mol. The average Bonchev–Trinajstić information content (AvgIpc) is 2.94. The molecule has 0 bridgehead atoms. The molecule has 0 aliphatic carbocycles. The summed E-state index contributed by atoms with van der Waals surface area (Å²) in [5.41, 5.74) is 2.09. The van der Waals surface area contributed by atoms with E-state index in [0.29, 0.717) is 30.4 Å². The van der Waals surface area contributed by atoms with Crippen molar-refractivity contribution in [1.29, 1.82) is 0 Å². The summed E-state index contributed by atoms with van der Waals surface area (Å²) in [4.78, 5) is 48.4. The molecule has 0 unspecified atom stereocenters. The number of ketones is 2. The van der Waals surface area contributed by atoms with Crippen LogP contribution < -0.4 is 5.32 Å². The Hall–Kier alpha value is -2.24. The largest absolute Gasteiger partial charge is 0.456 e. The minimum Gasteiger partial charge on any atom is -0.456 e. The van der Waals surface area contributed by atoms with Gasteiger partial charge in [-0.1, -0.05) is 128 Å². The second-order valence-electron chi connectivity index (χ2n) is 14.2. The average molecular weight is 630 g/mol. The number of cyclic esters (lactones) is 1. The van der Waals surface area contributed by atoms with Gasteiger partial charge >= 0.3 is 5.97 Å². The van der Waals surface area contributed by atoms with Crippen LogP contribution in [0.25, 0.3) is 0 Å². The third-order valence-corrected chi connectivity index (χ3v) is 8.91. The maximum Gasteiger partial charge on any atom is 0.342 e. The van der Waals surface area contributed by atoms with E-state index in [0.717, 1.165) is 43.3 Å². The number of rotatable bonds is 22. The van der Waals surface area contributed by atoms with E-state index in [2.05, 4.69) is 19.2 Å². The molecule has 0 fully saturated rings. The first-order valence-electron chi connectivity index (χ1n) is 18.4. The molecule has 1 atom stereocenters. The lowest BCUT2D eigenvalue weighted by atomic mass is 9.89. The molecule has 2 rings (SSSR count). The van der Waals surface area contributed by atoms with Gasteiger partial charge in [-0.05, 0) is 53.9 Å². The van der Waals surface area contributed by atoms with E-state index >= 15 is 0 Å². The highest BCUT2D eigenvalue weighted by Crippen LogP contribution is 2.30. The maximum absolute atomic E-state index is 12.3. The first-order valence-corrected chi connectivity index (χ1v) is 18.4. The van der Waals surface area contributed by atoms with E-state index in [1.54, 1.807) is 0 Å². The molecule has 0 radical (unpaired) electrons. The van der Waals surface area contributed by atoms with E-state index in [4.69, 9.17) is 4.74 Å². The molecule has 2 aliphatic rings. The number of ether oxygens (including phenoxy) is 1. The SMILES string of the molecule is CCCCCCCCCCCC(=O)C1=C(C)CC(C)(C)OC1=O.CCCCCCCCCCCC(=O)C1=C(C)C[C@H](C)NC1=O. The summed E-state index contributed by atoms with van der Waals surface area (Å²) in [5.74, 6) is -0.604. The number of esters is 1. The summed E-state index contributed by atoms with van der Waals surface area (Å²) < 4.78 is 5.35. The monoisotopic (exact) mass is 630 g/mol. The number of carbonyl (C=O) groups excluding carboxylic acids is 4. The zero-order valence-corrected chi connectivity index (χ0v) is 30.2. The van der Waals surface area contributed by atoms with Crippen LogP contribution in [0.1, 0.15) is 190 Å². The van der Waals surface area contributed by atoms with Crippen LogP contribution in [-0.4, -0.2) is 35.1 Å². The second-order valence-corrected chi connectivity index (χ2v) is 14.2. The first kappa shape index (κ1) is 40.8. The molecular weight excluding hydrogens is 562 g/mol. The van der Waals surface area contributed by atoms with E-state index in [-0.39, 0.29) is 23.5 Å². The van der Waals surface area contributed by atoms with Gasteiger partial charge in [0.05, 0.1) is 5.57 Å². The van der Waals surface area contributed by atoms with Gasteiger partial charge in [-0.25, -0.2) is 4.79 Å². The van der Waals surface area contributed by atoms with Gasteiger partial charge in [0.1, 0.15) is 11.2 Å². The van der Waals surface area contributed by atoms with Crippen LogP contribution in [0.4, 0.5) is 0 Å². The number of Topliss-reactive ketones (excluding diaryl/α,β-unsaturated/α-hetero) is 2. The van der Waals surface area contributed by atoms with Gasteiger partial charge in [-0.15, -0.1) is 0 Å². The van der Waals surface area contributed by atoms with E-state index < -0.39 is 11.6 Å². The molecular formula is C39H67NO5. The van der Waals surface area contributed by atoms with Crippen molar-refractivity contribution >= 4 is 23.4 Å². The number of unbranched alkanes of at least 4 members (excludes halogenated alkanes) is 16. The summed E-state index contributed by atoms with van der Waals surface area (Å²) in [5, 5.41) is 2.86. The van der Waals surface area contributed by atoms with Crippen LogP contribution in [-0.2, 0) is 23.9 Å². The normalized spacial score (nSPS) is 17.9. The van der Waals surface area contributed by atoms with Crippen LogP contribution in [0.5, 0.6) is 0 Å². The standard InChI is InChI=1S/C20H34O3.C19H33NO2/c1-5-6-7-8-9-10-11-12-13-14-17(21)18-16(2)15-20(3,4)23-19(18)22;1-4-5-6-7-8-9-10-11-12-13-17(21)18-15(2)14-16(3)20-19(18)22/h5-15H2,1-4H3;16H,4-14H2,1-3H3,(H,20,22)/t;16-/m.0/s1. The van der Waals surface area contributed by atoms with E-state index in [9.17, 15) is 19.2 Å². The van der Waals surface area contributed by atoms with Gasteiger partial charge < -0.3 is 10.1 Å². The molecule has 0 saturated carbocycles. The Morgan fingerprint density at radius 2 is 1.07 bits per heavy atom.